The molecule has 2 aliphatic carbocycles. The molecule has 1 heterocycles. The number of carbonyl (C=O) groups is 1. The Hall–Kier alpha value is -2.54. The maximum absolute atomic E-state index is 12.1. The first-order valence-electron chi connectivity index (χ1n) is 11.6. The van der Waals surface area contributed by atoms with Crippen molar-refractivity contribution in [1.82, 2.24) is 9.97 Å². The van der Waals surface area contributed by atoms with Crippen LogP contribution in [0.3, 0.4) is 0 Å². The van der Waals surface area contributed by atoms with Gasteiger partial charge in [0.05, 0.1) is 16.4 Å². The largest absolute Gasteiger partial charge is 0.362 e. The summed E-state index contributed by atoms with van der Waals surface area (Å²) in [5.74, 6) is 2.17. The van der Waals surface area contributed by atoms with Gasteiger partial charge in [-0.25, -0.2) is 9.78 Å². The van der Waals surface area contributed by atoms with Gasteiger partial charge in [-0.05, 0) is 69.4 Å². The molecule has 0 unspecified atom stereocenters. The lowest BCUT2D eigenvalue weighted by Gasteiger charge is -2.33. The number of rotatable bonds is 6. The zero-order valence-corrected chi connectivity index (χ0v) is 19.7. The van der Waals surface area contributed by atoms with E-state index in [-0.39, 0.29) is 0 Å². The maximum Gasteiger partial charge on any atom is 0.319 e. The van der Waals surface area contributed by atoms with Gasteiger partial charge in [-0.2, -0.15) is 4.98 Å². The van der Waals surface area contributed by atoms with Crippen LogP contribution in [-0.2, 0) is 12.8 Å². The van der Waals surface area contributed by atoms with Crippen LogP contribution < -0.4 is 20.9 Å². The Morgan fingerprint density at radius 2 is 1.84 bits per heavy atom. The average Bonchev–Trinajstić information content (AvgIpc) is 2.78. The number of aryl methyl sites for hydroxylation is 1. The molecule has 3 N–H and O–H groups in total. The summed E-state index contributed by atoms with van der Waals surface area (Å²) in [6, 6.07) is 7.23. The Morgan fingerprint density at radius 3 is 2.53 bits per heavy atom. The number of nitrogens with two attached hydrogens (primary N) is 1. The van der Waals surface area contributed by atoms with Gasteiger partial charge < -0.3 is 16.0 Å². The number of hydrogen-bond donors (Lipinski definition) is 2. The van der Waals surface area contributed by atoms with E-state index in [1.807, 2.05) is 18.2 Å². The van der Waals surface area contributed by atoms with Crippen molar-refractivity contribution in [3.05, 3.63) is 40.5 Å². The fraction of sp³-hybridized carbons (Fsp3) is 0.542. The van der Waals surface area contributed by atoms with E-state index >= 15 is 0 Å². The molecule has 172 valence electrons. The van der Waals surface area contributed by atoms with Gasteiger partial charge >= 0.3 is 6.03 Å². The number of hydrogen-bond acceptors (Lipinski definition) is 5. The van der Waals surface area contributed by atoms with Gasteiger partial charge in [0.15, 0.2) is 0 Å². The second kappa shape index (κ2) is 9.94. The lowest BCUT2D eigenvalue weighted by atomic mass is 9.85. The Labute approximate surface area is 195 Å². The lowest BCUT2D eigenvalue weighted by Crippen LogP contribution is -2.41. The first-order chi connectivity index (χ1) is 15.4. The highest BCUT2D eigenvalue weighted by molar-refractivity contribution is 6.33. The Balaban J connectivity index is 1.38. The normalized spacial score (nSPS) is 20.3. The molecule has 1 saturated carbocycles. The van der Waals surface area contributed by atoms with Crippen molar-refractivity contribution in [2.75, 3.05) is 35.8 Å². The highest BCUT2D eigenvalue weighted by Crippen LogP contribution is 2.32. The molecular weight excluding hydrogens is 424 g/mol. The van der Waals surface area contributed by atoms with Crippen LogP contribution in [0, 0.1) is 5.92 Å². The van der Waals surface area contributed by atoms with E-state index in [1.54, 1.807) is 11.0 Å². The molecule has 1 aromatic heterocycles. The Kier molecular flexibility index (Phi) is 7.04. The summed E-state index contributed by atoms with van der Waals surface area (Å²) in [6.07, 6.45) is 8.55. The summed E-state index contributed by atoms with van der Waals surface area (Å²) in [4.78, 5) is 25.5. The van der Waals surface area contributed by atoms with Gasteiger partial charge in [0, 0.05) is 32.2 Å². The molecule has 0 aliphatic heterocycles. The number of nitrogens with one attached hydrogen (secondary N) is 1. The van der Waals surface area contributed by atoms with Crippen LogP contribution in [-0.4, -0.2) is 42.7 Å². The van der Waals surface area contributed by atoms with Crippen LogP contribution in [0.25, 0.3) is 0 Å². The van der Waals surface area contributed by atoms with Gasteiger partial charge in [0.25, 0.3) is 0 Å². The molecule has 0 saturated heterocycles. The third-order valence-electron chi connectivity index (χ3n) is 6.61. The highest BCUT2D eigenvalue weighted by atomic mass is 35.5. The SMILES string of the molecule is CN(C)c1nc(N[C@H]2CC[C@@H](CN(C(N)=O)c3ccccc3Cl)CC2)nc2c1CCCC2. The first-order valence-corrected chi connectivity index (χ1v) is 12.0. The molecule has 7 nitrogen and oxygen atoms in total. The molecule has 32 heavy (non-hydrogen) atoms. The summed E-state index contributed by atoms with van der Waals surface area (Å²) in [5, 5.41) is 4.13. The number of para-hydroxylation sites is 1. The summed E-state index contributed by atoms with van der Waals surface area (Å²) >= 11 is 6.30. The molecule has 1 aromatic carbocycles. The fourth-order valence-corrected chi connectivity index (χ4v) is 5.15. The fourth-order valence-electron chi connectivity index (χ4n) is 4.92. The van der Waals surface area contributed by atoms with Gasteiger partial charge in [0.2, 0.25) is 5.95 Å². The number of primary amides is 1. The number of aromatic nitrogens is 2. The minimum Gasteiger partial charge on any atom is -0.362 e. The van der Waals surface area contributed by atoms with Crippen LogP contribution >= 0.6 is 11.6 Å². The quantitative estimate of drug-likeness (QED) is 0.661. The van der Waals surface area contributed by atoms with Gasteiger partial charge in [-0.15, -0.1) is 0 Å². The van der Waals surface area contributed by atoms with E-state index in [0.29, 0.717) is 29.2 Å². The van der Waals surface area contributed by atoms with E-state index in [4.69, 9.17) is 27.3 Å². The van der Waals surface area contributed by atoms with Crippen molar-refractivity contribution in [3.63, 3.8) is 0 Å². The number of anilines is 3. The molecule has 0 spiro atoms. The summed E-state index contributed by atoms with van der Waals surface area (Å²) in [5.41, 5.74) is 8.86. The average molecular weight is 457 g/mol. The standard InChI is InChI=1S/C24H33ClN6O/c1-30(2)22-18-7-3-5-9-20(18)28-24(29-22)27-17-13-11-16(12-14-17)15-31(23(26)32)21-10-6-4-8-19(21)25/h4,6,8,10,16-17H,3,5,7,9,11-15H2,1-2H3,(H2,26,32)(H,27,28,29)/t16-,17+. The van der Waals surface area contributed by atoms with Crippen molar-refractivity contribution in [2.24, 2.45) is 11.7 Å². The molecule has 0 radical (unpaired) electrons. The predicted molar refractivity (Wildman–Crippen MR) is 131 cm³/mol. The molecular formula is C24H33ClN6O. The van der Waals surface area contributed by atoms with Gasteiger partial charge in [-0.1, -0.05) is 23.7 Å². The smallest absolute Gasteiger partial charge is 0.319 e. The molecule has 1 fully saturated rings. The number of nitrogens with zero attached hydrogens (tertiary/aromatic N) is 4. The van der Waals surface area contributed by atoms with Crippen molar-refractivity contribution < 1.29 is 4.79 Å². The van der Waals surface area contributed by atoms with Gasteiger partial charge in [-0.3, -0.25) is 4.90 Å². The van der Waals surface area contributed by atoms with E-state index in [0.717, 1.165) is 50.3 Å². The van der Waals surface area contributed by atoms with E-state index in [1.165, 1.54) is 24.1 Å². The third kappa shape index (κ3) is 5.09. The van der Waals surface area contributed by atoms with Crippen molar-refractivity contribution in [3.8, 4) is 0 Å². The van der Waals surface area contributed by atoms with Crippen molar-refractivity contribution >= 4 is 35.1 Å². The number of halogens is 1. The van der Waals surface area contributed by atoms with Crippen LogP contribution in [0.1, 0.15) is 49.8 Å². The molecule has 4 rings (SSSR count). The van der Waals surface area contributed by atoms with E-state index in [2.05, 4.69) is 24.3 Å². The topological polar surface area (TPSA) is 87.4 Å². The van der Waals surface area contributed by atoms with Crippen LogP contribution in [0.2, 0.25) is 5.02 Å². The molecule has 8 heteroatoms. The molecule has 2 amide bonds. The summed E-state index contributed by atoms with van der Waals surface area (Å²) in [7, 11) is 4.10. The minimum atomic E-state index is -0.461. The number of amides is 2. The summed E-state index contributed by atoms with van der Waals surface area (Å²) < 4.78 is 0. The van der Waals surface area contributed by atoms with Gasteiger partial charge in [0.1, 0.15) is 5.82 Å². The van der Waals surface area contributed by atoms with Crippen LogP contribution in [0.4, 0.5) is 22.2 Å². The number of urea groups is 1. The molecule has 0 bridgehead atoms. The minimum absolute atomic E-state index is 0.338. The molecule has 0 atom stereocenters. The zero-order chi connectivity index (χ0) is 22.7. The van der Waals surface area contributed by atoms with E-state index in [9.17, 15) is 4.79 Å². The Bertz CT molecular complexity index is 958. The monoisotopic (exact) mass is 456 g/mol. The van der Waals surface area contributed by atoms with Crippen LogP contribution in [0.5, 0.6) is 0 Å². The molecule has 2 aliphatic rings. The maximum atomic E-state index is 12.1. The number of benzene rings is 1. The van der Waals surface area contributed by atoms with E-state index < -0.39 is 6.03 Å². The first kappa shape index (κ1) is 22.6. The second-order valence-electron chi connectivity index (χ2n) is 9.16. The Morgan fingerprint density at radius 1 is 1.12 bits per heavy atom. The summed E-state index contributed by atoms with van der Waals surface area (Å²) in [6.45, 7) is 0.589. The highest BCUT2D eigenvalue weighted by Gasteiger charge is 2.27. The van der Waals surface area contributed by atoms with Crippen molar-refractivity contribution in [1.29, 1.82) is 0 Å². The third-order valence-corrected chi connectivity index (χ3v) is 6.93. The van der Waals surface area contributed by atoms with Crippen molar-refractivity contribution in [2.45, 2.75) is 57.4 Å². The number of carbonyl (C=O) groups excluding carboxylic acids is 1. The number of fused-ring (bicyclic) bond motifs is 1. The predicted octanol–water partition coefficient (Wildman–Crippen LogP) is 4.63. The second-order valence-corrected chi connectivity index (χ2v) is 9.57. The molecule has 2 aromatic rings. The zero-order valence-electron chi connectivity index (χ0n) is 19.0. The lowest BCUT2D eigenvalue weighted by molar-refractivity contribution is 0.250. The van der Waals surface area contributed by atoms with Crippen LogP contribution in [0.15, 0.2) is 24.3 Å².